The van der Waals surface area contributed by atoms with Crippen molar-refractivity contribution < 1.29 is 4.79 Å². The van der Waals surface area contributed by atoms with E-state index in [2.05, 4.69) is 25.3 Å². The average Bonchev–Trinajstić information content (AvgIpc) is 3.04. The number of amides is 1. The normalized spacial score (nSPS) is 17.8. The summed E-state index contributed by atoms with van der Waals surface area (Å²) in [5.74, 6) is -0.751. The first-order valence-electron chi connectivity index (χ1n) is 10.0. The van der Waals surface area contributed by atoms with Gasteiger partial charge in [0.05, 0.1) is 16.9 Å². The van der Waals surface area contributed by atoms with Gasteiger partial charge >= 0.3 is 11.4 Å². The quantitative estimate of drug-likeness (QED) is 0.277. The molecule has 4 aromatic rings. The fourth-order valence-electron chi connectivity index (χ4n) is 4.76. The van der Waals surface area contributed by atoms with Crippen molar-refractivity contribution >= 4 is 40.4 Å². The first kappa shape index (κ1) is 20.0. The predicted octanol–water partition coefficient (Wildman–Crippen LogP) is 1.16. The number of hydrogen-bond acceptors (Lipinski definition) is 6. The lowest BCUT2D eigenvalue weighted by Crippen LogP contribution is -2.48. The third-order valence-electron chi connectivity index (χ3n) is 6.04. The number of nitrogens with one attached hydrogen (secondary N) is 5. The largest absolute Gasteiger partial charge is 0.349 e. The highest BCUT2D eigenvalue weighted by molar-refractivity contribution is 6.30. The van der Waals surface area contributed by atoms with E-state index in [1.54, 1.807) is 48.5 Å². The van der Waals surface area contributed by atoms with Gasteiger partial charge in [-0.2, -0.15) is 0 Å². The monoisotopic (exact) mass is 476 g/mol. The van der Waals surface area contributed by atoms with E-state index in [9.17, 15) is 24.0 Å². The number of anilines is 4. The second-order valence-electron chi connectivity index (χ2n) is 7.83. The van der Waals surface area contributed by atoms with Gasteiger partial charge in [0.15, 0.2) is 5.41 Å². The molecule has 168 valence electrons. The van der Waals surface area contributed by atoms with Crippen LogP contribution in [0.3, 0.4) is 0 Å². The summed E-state index contributed by atoms with van der Waals surface area (Å²) in [7, 11) is 0. The lowest BCUT2D eigenvalue weighted by molar-refractivity contribution is -0.120. The molecule has 2 aromatic carbocycles. The number of nitrogens with zero attached hydrogens (tertiary/aromatic N) is 1. The molecule has 4 heterocycles. The van der Waals surface area contributed by atoms with Crippen LogP contribution in [0.25, 0.3) is 0 Å². The molecule has 0 radical (unpaired) electrons. The van der Waals surface area contributed by atoms with Gasteiger partial charge in [0.1, 0.15) is 11.5 Å². The van der Waals surface area contributed by atoms with Gasteiger partial charge in [0.2, 0.25) is 0 Å². The molecule has 2 aliphatic rings. The highest BCUT2D eigenvalue weighted by atomic mass is 35.5. The number of carbonyl (C=O) groups is 1. The lowest BCUT2D eigenvalue weighted by atomic mass is 9.70. The molecule has 1 atom stereocenters. The summed E-state index contributed by atoms with van der Waals surface area (Å²) in [5.41, 5.74) is -4.54. The van der Waals surface area contributed by atoms with Crippen molar-refractivity contribution in [3.8, 4) is 0 Å². The molecule has 11 nitrogen and oxygen atoms in total. The minimum atomic E-state index is -1.93. The Kier molecular flexibility index (Phi) is 3.93. The molecule has 1 unspecified atom stereocenters. The average molecular weight is 477 g/mol. The maximum absolute atomic E-state index is 14.4. The van der Waals surface area contributed by atoms with Gasteiger partial charge in [-0.05, 0) is 30.3 Å². The fraction of sp³-hybridized carbons (Fsp3) is 0.0455. The van der Waals surface area contributed by atoms with Gasteiger partial charge < -0.3 is 10.3 Å². The Morgan fingerprint density at radius 2 is 1.44 bits per heavy atom. The summed E-state index contributed by atoms with van der Waals surface area (Å²) in [4.78, 5) is 75.6. The second-order valence-corrected chi connectivity index (χ2v) is 8.26. The van der Waals surface area contributed by atoms with Crippen LogP contribution < -0.4 is 32.7 Å². The highest BCUT2D eigenvalue weighted by Crippen LogP contribution is 2.54. The van der Waals surface area contributed by atoms with E-state index in [1.165, 1.54) is 4.90 Å². The van der Waals surface area contributed by atoms with Crippen LogP contribution in [-0.2, 0) is 10.2 Å². The number of rotatable bonds is 1. The van der Waals surface area contributed by atoms with Crippen LogP contribution in [0.15, 0.2) is 67.7 Å². The van der Waals surface area contributed by atoms with Gasteiger partial charge in [-0.1, -0.05) is 29.8 Å². The topological polar surface area (TPSA) is 164 Å². The maximum atomic E-state index is 14.4. The number of aromatic nitrogens is 4. The number of fused-ring (bicyclic) bond motifs is 6. The number of aromatic amines is 4. The van der Waals surface area contributed by atoms with Crippen molar-refractivity contribution in [2.45, 2.75) is 5.41 Å². The van der Waals surface area contributed by atoms with E-state index in [4.69, 9.17) is 11.6 Å². The number of carbonyl (C=O) groups excluding carboxylic acids is 1. The van der Waals surface area contributed by atoms with Gasteiger partial charge in [-0.15, -0.1) is 0 Å². The number of benzene rings is 2. The van der Waals surface area contributed by atoms with E-state index >= 15 is 0 Å². The minimum Gasteiger partial charge on any atom is -0.349 e. The van der Waals surface area contributed by atoms with Crippen molar-refractivity contribution in [1.82, 2.24) is 19.9 Å². The van der Waals surface area contributed by atoms with Crippen molar-refractivity contribution in [2.75, 3.05) is 10.2 Å². The smallest absolute Gasteiger partial charge is 0.327 e. The van der Waals surface area contributed by atoms with Gasteiger partial charge in [0, 0.05) is 16.3 Å². The molecular formula is C22H13ClN6O5. The van der Waals surface area contributed by atoms with Crippen molar-refractivity contribution in [2.24, 2.45) is 0 Å². The standard InChI is InChI=1S/C22H13ClN6O5/c23-9-5-7-10(8-6-9)29-16-13(17(30)27-21(34)26-16)22(19(29)32)11-3-1-2-4-12(11)24-14-15(22)25-20(33)28-18(14)31/h1-8,24H,(H2,25,28,31,33)(H2,26,27,30,34). The first-order chi connectivity index (χ1) is 16.3. The van der Waals surface area contributed by atoms with Crippen LogP contribution in [0.4, 0.5) is 22.9 Å². The number of halogens is 1. The van der Waals surface area contributed by atoms with E-state index in [0.717, 1.165) is 0 Å². The zero-order chi connectivity index (χ0) is 23.8. The van der Waals surface area contributed by atoms with Crippen LogP contribution in [0.1, 0.15) is 16.8 Å². The molecule has 2 aliphatic heterocycles. The Labute approximate surface area is 193 Å². The summed E-state index contributed by atoms with van der Waals surface area (Å²) in [6.07, 6.45) is 0. The molecule has 34 heavy (non-hydrogen) atoms. The number of hydrogen-bond donors (Lipinski definition) is 5. The number of para-hydroxylation sites is 1. The van der Waals surface area contributed by atoms with E-state index in [1.807, 2.05) is 0 Å². The van der Waals surface area contributed by atoms with E-state index in [0.29, 0.717) is 22.0 Å². The van der Waals surface area contributed by atoms with Crippen molar-refractivity contribution in [1.29, 1.82) is 0 Å². The Morgan fingerprint density at radius 3 is 2.21 bits per heavy atom. The Morgan fingerprint density at radius 1 is 0.765 bits per heavy atom. The molecule has 5 N–H and O–H groups in total. The summed E-state index contributed by atoms with van der Waals surface area (Å²) in [6.45, 7) is 0. The molecule has 1 amide bonds. The summed E-state index contributed by atoms with van der Waals surface area (Å²) in [5, 5.41) is 3.36. The fourth-order valence-corrected chi connectivity index (χ4v) is 4.89. The third-order valence-corrected chi connectivity index (χ3v) is 6.29. The van der Waals surface area contributed by atoms with Crippen LogP contribution in [0.2, 0.25) is 5.02 Å². The Bertz CT molecular complexity index is 1770. The molecule has 0 bridgehead atoms. The molecule has 1 spiro atoms. The maximum Gasteiger partial charge on any atom is 0.327 e. The highest BCUT2D eigenvalue weighted by Gasteiger charge is 2.60. The molecule has 12 heteroatoms. The van der Waals surface area contributed by atoms with Crippen LogP contribution in [0, 0.1) is 0 Å². The summed E-state index contributed by atoms with van der Waals surface area (Å²) in [6, 6.07) is 12.8. The summed E-state index contributed by atoms with van der Waals surface area (Å²) >= 11 is 6.01. The van der Waals surface area contributed by atoms with Gasteiger partial charge in [0.25, 0.3) is 17.0 Å². The minimum absolute atomic E-state index is 0.0788. The van der Waals surface area contributed by atoms with Gasteiger partial charge in [-0.3, -0.25) is 34.2 Å². The van der Waals surface area contributed by atoms with Crippen LogP contribution in [-0.4, -0.2) is 25.8 Å². The molecule has 0 fully saturated rings. The zero-order valence-electron chi connectivity index (χ0n) is 17.0. The summed E-state index contributed by atoms with van der Waals surface area (Å²) < 4.78 is 0. The second kappa shape index (κ2) is 6.68. The Balaban J connectivity index is 1.82. The molecule has 6 rings (SSSR count). The van der Waals surface area contributed by atoms with Crippen LogP contribution in [0.5, 0.6) is 0 Å². The molecule has 0 aliphatic carbocycles. The van der Waals surface area contributed by atoms with Crippen molar-refractivity contribution in [3.63, 3.8) is 0 Å². The number of H-pyrrole nitrogens is 4. The lowest BCUT2D eigenvalue weighted by Gasteiger charge is -2.35. The van der Waals surface area contributed by atoms with Crippen molar-refractivity contribution in [3.05, 3.63) is 112 Å². The molecule has 0 saturated carbocycles. The Hall–Kier alpha value is -4.64. The molecular weight excluding hydrogens is 464 g/mol. The van der Waals surface area contributed by atoms with Crippen LogP contribution >= 0.6 is 11.6 Å². The first-order valence-corrected chi connectivity index (χ1v) is 10.4. The van der Waals surface area contributed by atoms with E-state index < -0.39 is 33.8 Å². The third kappa shape index (κ3) is 2.43. The zero-order valence-corrected chi connectivity index (χ0v) is 17.7. The molecule has 0 saturated heterocycles. The van der Waals surface area contributed by atoms with E-state index in [-0.39, 0.29) is 22.8 Å². The van der Waals surface area contributed by atoms with Gasteiger partial charge in [-0.25, -0.2) is 9.59 Å². The predicted molar refractivity (Wildman–Crippen MR) is 124 cm³/mol. The molecule has 2 aromatic heterocycles. The SMILES string of the molecule is O=C1N(c2ccc(Cl)cc2)c2[nH]c(=O)[nH]c(=O)c2C12c1ccccc1Nc1c2[nH]c(=O)[nH]c1=O.